The molecule has 0 saturated heterocycles. The summed E-state index contributed by atoms with van der Waals surface area (Å²) in [4.78, 5) is 16.5. The maximum Gasteiger partial charge on any atom is 0.253 e. The molecule has 3 nitrogen and oxygen atoms in total. The van der Waals surface area contributed by atoms with Crippen LogP contribution in [0.15, 0.2) is 29.3 Å². The average Bonchev–Trinajstić information content (AvgIpc) is 2.71. The molecule has 1 aliphatic heterocycles. The maximum absolute atomic E-state index is 12.1. The second kappa shape index (κ2) is 3.06. The molecule has 0 atom stereocenters. The first-order chi connectivity index (χ1) is 8.36. The summed E-state index contributed by atoms with van der Waals surface area (Å²) < 4.78 is 1.88. The SMILES string of the molecule is O=C1CN=C2CCCc3c2n1c1ccccc31. The molecule has 0 saturated carbocycles. The van der Waals surface area contributed by atoms with E-state index in [9.17, 15) is 4.79 Å². The van der Waals surface area contributed by atoms with Crippen molar-refractivity contribution < 1.29 is 4.79 Å². The van der Waals surface area contributed by atoms with Crippen molar-refractivity contribution in [2.24, 2.45) is 4.99 Å². The molecule has 1 aromatic heterocycles. The molecule has 0 bridgehead atoms. The van der Waals surface area contributed by atoms with Gasteiger partial charge in [-0.2, -0.15) is 0 Å². The van der Waals surface area contributed by atoms with Gasteiger partial charge < -0.3 is 0 Å². The van der Waals surface area contributed by atoms with E-state index in [-0.39, 0.29) is 5.91 Å². The van der Waals surface area contributed by atoms with Crippen LogP contribution < -0.4 is 0 Å². The third-order valence-corrected chi connectivity index (χ3v) is 3.75. The Hall–Kier alpha value is -1.90. The van der Waals surface area contributed by atoms with Crippen molar-refractivity contribution in [3.63, 3.8) is 0 Å². The Morgan fingerprint density at radius 2 is 2.06 bits per heavy atom. The number of nitrogens with zero attached hydrogens (tertiary/aromatic N) is 2. The second-order valence-corrected chi connectivity index (χ2v) is 4.69. The summed E-state index contributed by atoms with van der Waals surface area (Å²) in [6.07, 6.45) is 3.22. The fourth-order valence-electron chi connectivity index (χ4n) is 3.06. The van der Waals surface area contributed by atoms with Gasteiger partial charge in [0.15, 0.2) is 0 Å². The van der Waals surface area contributed by atoms with Crippen LogP contribution in [-0.2, 0) is 6.42 Å². The molecule has 17 heavy (non-hydrogen) atoms. The van der Waals surface area contributed by atoms with Gasteiger partial charge in [-0.3, -0.25) is 14.4 Å². The number of hydrogen-bond acceptors (Lipinski definition) is 2. The lowest BCUT2D eigenvalue weighted by Crippen LogP contribution is -2.28. The van der Waals surface area contributed by atoms with Crippen molar-refractivity contribution in [2.75, 3.05) is 6.54 Å². The summed E-state index contributed by atoms with van der Waals surface area (Å²) in [6.45, 7) is 0.306. The quantitative estimate of drug-likeness (QED) is 0.676. The average molecular weight is 224 g/mol. The number of benzene rings is 1. The van der Waals surface area contributed by atoms with Crippen molar-refractivity contribution in [2.45, 2.75) is 19.3 Å². The lowest BCUT2D eigenvalue weighted by molar-refractivity contribution is 0.0925. The van der Waals surface area contributed by atoms with Gasteiger partial charge in [0.2, 0.25) is 0 Å². The Morgan fingerprint density at radius 3 is 3.00 bits per heavy atom. The monoisotopic (exact) mass is 224 g/mol. The van der Waals surface area contributed by atoms with Crippen LogP contribution in [0.3, 0.4) is 0 Å². The van der Waals surface area contributed by atoms with Gasteiger partial charge in [0, 0.05) is 5.39 Å². The number of carbonyl (C=O) groups excluding carboxylic acids is 1. The zero-order valence-corrected chi connectivity index (χ0v) is 9.44. The van der Waals surface area contributed by atoms with E-state index in [1.807, 2.05) is 22.8 Å². The highest BCUT2D eigenvalue weighted by Gasteiger charge is 2.29. The highest BCUT2D eigenvalue weighted by Crippen LogP contribution is 2.33. The lowest BCUT2D eigenvalue weighted by atomic mass is 9.93. The Bertz CT molecular complexity index is 679. The Kier molecular flexibility index (Phi) is 1.65. The van der Waals surface area contributed by atoms with E-state index in [0.29, 0.717) is 6.54 Å². The Morgan fingerprint density at radius 1 is 1.18 bits per heavy atom. The first-order valence-corrected chi connectivity index (χ1v) is 6.05. The van der Waals surface area contributed by atoms with Gasteiger partial charge in [-0.1, -0.05) is 18.2 Å². The first kappa shape index (κ1) is 9.16. The number of para-hydroxylation sites is 1. The number of rotatable bonds is 0. The molecule has 2 aromatic rings. The largest absolute Gasteiger partial charge is 0.278 e. The molecule has 2 heterocycles. The van der Waals surface area contributed by atoms with Crippen LogP contribution >= 0.6 is 0 Å². The summed E-state index contributed by atoms with van der Waals surface area (Å²) in [5, 5.41) is 1.23. The summed E-state index contributed by atoms with van der Waals surface area (Å²) in [7, 11) is 0. The van der Waals surface area contributed by atoms with E-state index in [1.165, 1.54) is 10.9 Å². The van der Waals surface area contributed by atoms with Gasteiger partial charge in [-0.05, 0) is 30.9 Å². The fourth-order valence-corrected chi connectivity index (χ4v) is 3.06. The molecule has 0 radical (unpaired) electrons. The molecular formula is C14H12N2O. The van der Waals surface area contributed by atoms with E-state index in [2.05, 4.69) is 11.1 Å². The van der Waals surface area contributed by atoms with Gasteiger partial charge >= 0.3 is 0 Å². The van der Waals surface area contributed by atoms with Crippen molar-refractivity contribution in [3.05, 3.63) is 35.5 Å². The first-order valence-electron chi connectivity index (χ1n) is 6.05. The molecule has 1 aromatic carbocycles. The number of aliphatic imine (C=N–C) groups is 1. The topological polar surface area (TPSA) is 34.4 Å². The third kappa shape index (κ3) is 1.06. The highest BCUT2D eigenvalue weighted by molar-refractivity contribution is 6.13. The second-order valence-electron chi connectivity index (χ2n) is 4.69. The van der Waals surface area contributed by atoms with Crippen molar-refractivity contribution >= 4 is 22.5 Å². The number of aryl methyl sites for hydroxylation is 1. The van der Waals surface area contributed by atoms with Crippen LogP contribution in [0.1, 0.15) is 28.9 Å². The van der Waals surface area contributed by atoms with E-state index in [4.69, 9.17) is 0 Å². The minimum Gasteiger partial charge on any atom is -0.278 e. The smallest absolute Gasteiger partial charge is 0.253 e. The van der Waals surface area contributed by atoms with E-state index in [0.717, 1.165) is 36.2 Å². The summed E-state index contributed by atoms with van der Waals surface area (Å²) >= 11 is 0. The Labute approximate surface area is 98.8 Å². The van der Waals surface area contributed by atoms with Gasteiger partial charge in [0.05, 0.1) is 16.9 Å². The minimum atomic E-state index is 0.105. The summed E-state index contributed by atoms with van der Waals surface area (Å²) in [5.41, 5.74) is 4.59. The van der Waals surface area contributed by atoms with Crippen LogP contribution in [0.4, 0.5) is 0 Å². The van der Waals surface area contributed by atoms with Crippen LogP contribution in [0, 0.1) is 0 Å². The van der Waals surface area contributed by atoms with Crippen LogP contribution in [0.25, 0.3) is 10.9 Å². The number of carbonyl (C=O) groups is 1. The normalized spacial score (nSPS) is 18.1. The number of fused-ring (bicyclic) bond motifs is 3. The zero-order chi connectivity index (χ0) is 11.4. The van der Waals surface area contributed by atoms with E-state index in [1.54, 1.807) is 0 Å². The van der Waals surface area contributed by atoms with Crippen molar-refractivity contribution in [1.29, 1.82) is 0 Å². The van der Waals surface area contributed by atoms with Gasteiger partial charge in [0.25, 0.3) is 5.91 Å². The highest BCUT2D eigenvalue weighted by atomic mass is 16.2. The summed E-state index contributed by atoms with van der Waals surface area (Å²) in [6, 6.07) is 8.19. The zero-order valence-electron chi connectivity index (χ0n) is 9.44. The number of hydrogen-bond donors (Lipinski definition) is 0. The molecule has 3 heteroatoms. The molecule has 0 amide bonds. The molecule has 84 valence electrons. The van der Waals surface area contributed by atoms with Crippen LogP contribution in [0.5, 0.6) is 0 Å². The molecule has 0 spiro atoms. The Balaban J connectivity index is 2.22. The van der Waals surface area contributed by atoms with E-state index >= 15 is 0 Å². The lowest BCUT2D eigenvalue weighted by Gasteiger charge is -2.20. The summed E-state index contributed by atoms with van der Waals surface area (Å²) in [5.74, 6) is 0.105. The van der Waals surface area contributed by atoms with Crippen LogP contribution in [0.2, 0.25) is 0 Å². The van der Waals surface area contributed by atoms with Crippen molar-refractivity contribution in [1.82, 2.24) is 4.57 Å². The molecule has 1 aliphatic carbocycles. The fraction of sp³-hybridized carbons (Fsp3) is 0.286. The number of aromatic nitrogens is 1. The minimum absolute atomic E-state index is 0.105. The maximum atomic E-state index is 12.1. The molecule has 4 rings (SSSR count). The van der Waals surface area contributed by atoms with Gasteiger partial charge in [-0.15, -0.1) is 0 Å². The standard InChI is InChI=1S/C14H12N2O/c17-13-8-15-11-6-3-5-10-9-4-1-2-7-12(9)16(13)14(10)11/h1-2,4,7H,3,5-6,8H2. The van der Waals surface area contributed by atoms with E-state index < -0.39 is 0 Å². The molecule has 0 N–H and O–H groups in total. The molecule has 0 fully saturated rings. The third-order valence-electron chi connectivity index (χ3n) is 3.75. The van der Waals surface area contributed by atoms with Crippen LogP contribution in [-0.4, -0.2) is 22.7 Å². The van der Waals surface area contributed by atoms with Gasteiger partial charge in [0.1, 0.15) is 6.54 Å². The molecular weight excluding hydrogens is 212 g/mol. The molecule has 2 aliphatic rings. The molecule has 0 unspecified atom stereocenters. The van der Waals surface area contributed by atoms with Crippen molar-refractivity contribution in [3.8, 4) is 0 Å². The van der Waals surface area contributed by atoms with Gasteiger partial charge in [-0.25, -0.2) is 0 Å². The predicted octanol–water partition coefficient (Wildman–Crippen LogP) is 2.42. The predicted molar refractivity (Wildman–Crippen MR) is 66.9 cm³/mol.